The van der Waals surface area contributed by atoms with Crippen molar-refractivity contribution in [3.8, 4) is 0 Å². The maximum atomic E-state index is 12.0. The fraction of sp³-hybridized carbons (Fsp3) is 0.917. The summed E-state index contributed by atoms with van der Waals surface area (Å²) in [6, 6.07) is 0. The van der Waals surface area contributed by atoms with Crippen LogP contribution in [0.3, 0.4) is 0 Å². The van der Waals surface area contributed by atoms with Crippen LogP contribution in [0.4, 0.5) is 0 Å². The van der Waals surface area contributed by atoms with Gasteiger partial charge in [0.15, 0.2) is 0 Å². The molecule has 2 unspecified atom stereocenters. The van der Waals surface area contributed by atoms with Gasteiger partial charge in [-0.15, -0.1) is 0 Å². The Morgan fingerprint density at radius 3 is 2.82 bits per heavy atom. The largest absolute Gasteiger partial charge is 0.469 e. The van der Waals surface area contributed by atoms with Crippen LogP contribution in [0.15, 0.2) is 0 Å². The first-order valence-electron chi connectivity index (χ1n) is 6.17. The lowest BCUT2D eigenvalue weighted by Crippen LogP contribution is -2.23. The summed E-state index contributed by atoms with van der Waals surface area (Å²) in [5, 5.41) is 0. The third kappa shape index (κ3) is 3.78. The molecule has 4 nitrogen and oxygen atoms in total. The quantitative estimate of drug-likeness (QED) is 0.675. The van der Waals surface area contributed by atoms with Gasteiger partial charge in [0.05, 0.1) is 19.6 Å². The van der Waals surface area contributed by atoms with Crippen LogP contribution in [-0.4, -0.2) is 41.5 Å². The van der Waals surface area contributed by atoms with Crippen molar-refractivity contribution >= 4 is 16.8 Å². The van der Waals surface area contributed by atoms with Crippen LogP contribution < -0.4 is 0 Å². The van der Waals surface area contributed by atoms with Gasteiger partial charge in [0.2, 0.25) is 0 Å². The molecule has 0 spiro atoms. The molecule has 2 fully saturated rings. The first-order valence-corrected chi connectivity index (χ1v) is 7.66. The van der Waals surface area contributed by atoms with E-state index in [1.165, 1.54) is 7.11 Å². The van der Waals surface area contributed by atoms with Crippen molar-refractivity contribution in [1.29, 1.82) is 0 Å². The van der Waals surface area contributed by atoms with Crippen molar-refractivity contribution < 1.29 is 18.5 Å². The van der Waals surface area contributed by atoms with E-state index >= 15 is 0 Å². The summed E-state index contributed by atoms with van der Waals surface area (Å²) >= 11 is 0. The van der Waals surface area contributed by atoms with Gasteiger partial charge in [-0.25, -0.2) is 0 Å². The van der Waals surface area contributed by atoms with Crippen LogP contribution in [0.25, 0.3) is 0 Å². The molecule has 0 aromatic rings. The van der Waals surface area contributed by atoms with Gasteiger partial charge in [-0.05, 0) is 31.1 Å². The maximum Gasteiger partial charge on any atom is 0.306 e. The molecule has 0 aromatic carbocycles. The van der Waals surface area contributed by atoms with E-state index in [9.17, 15) is 9.00 Å². The fourth-order valence-corrected chi connectivity index (χ4v) is 4.18. The highest BCUT2D eigenvalue weighted by Crippen LogP contribution is 2.49. The molecule has 0 amide bonds. The smallest absolute Gasteiger partial charge is 0.306 e. The van der Waals surface area contributed by atoms with Crippen LogP contribution in [0.1, 0.15) is 32.1 Å². The van der Waals surface area contributed by atoms with Crippen LogP contribution in [0.5, 0.6) is 0 Å². The van der Waals surface area contributed by atoms with Gasteiger partial charge in [0.1, 0.15) is 0 Å². The molecule has 1 saturated carbocycles. The van der Waals surface area contributed by atoms with Crippen molar-refractivity contribution in [1.82, 2.24) is 0 Å². The van der Waals surface area contributed by atoms with Crippen LogP contribution >= 0.6 is 0 Å². The number of esters is 1. The van der Waals surface area contributed by atoms with Crippen LogP contribution in [-0.2, 0) is 25.1 Å². The zero-order valence-corrected chi connectivity index (χ0v) is 11.1. The summed E-state index contributed by atoms with van der Waals surface area (Å²) in [7, 11) is 0.537. The lowest BCUT2D eigenvalue weighted by atomic mass is 10.1. The third-order valence-corrected chi connectivity index (χ3v) is 5.24. The van der Waals surface area contributed by atoms with Gasteiger partial charge in [0.25, 0.3) is 0 Å². The van der Waals surface area contributed by atoms with Gasteiger partial charge in [-0.2, -0.15) is 0 Å². The molecular formula is C12H20O4S. The normalized spacial score (nSPS) is 27.7. The lowest BCUT2D eigenvalue weighted by molar-refractivity contribution is -0.141. The molecule has 0 N–H and O–H groups in total. The second-order valence-electron chi connectivity index (χ2n) is 5.14. The fourth-order valence-electron chi connectivity index (χ4n) is 2.31. The molecule has 0 bridgehead atoms. The molecule has 5 heteroatoms. The van der Waals surface area contributed by atoms with E-state index in [-0.39, 0.29) is 17.5 Å². The van der Waals surface area contributed by atoms with E-state index in [1.807, 2.05) is 0 Å². The molecule has 0 aromatic heterocycles. The average Bonchev–Trinajstić information content (AvgIpc) is 2.83. The van der Waals surface area contributed by atoms with Crippen molar-refractivity contribution in [2.75, 3.05) is 25.2 Å². The number of rotatable bonds is 6. The zero-order valence-electron chi connectivity index (χ0n) is 10.3. The summed E-state index contributed by atoms with van der Waals surface area (Å²) in [4.78, 5) is 11.2. The average molecular weight is 260 g/mol. The van der Waals surface area contributed by atoms with E-state index in [2.05, 4.69) is 4.74 Å². The molecule has 2 aliphatic rings. The Morgan fingerprint density at radius 1 is 1.53 bits per heavy atom. The van der Waals surface area contributed by atoms with E-state index in [0.717, 1.165) is 32.3 Å². The SMILES string of the molecule is COC(=O)CC1(CS(=O)CC2CCCO2)CC1. The lowest BCUT2D eigenvalue weighted by Gasteiger charge is -2.15. The Labute approximate surface area is 105 Å². The maximum absolute atomic E-state index is 12.0. The second kappa shape index (κ2) is 5.48. The molecule has 1 heterocycles. The number of carbonyl (C=O) groups is 1. The third-order valence-electron chi connectivity index (χ3n) is 3.57. The van der Waals surface area contributed by atoms with Crippen molar-refractivity contribution in [2.24, 2.45) is 5.41 Å². The van der Waals surface area contributed by atoms with E-state index < -0.39 is 10.8 Å². The summed E-state index contributed by atoms with van der Waals surface area (Å²) < 4.78 is 22.2. The molecule has 2 rings (SSSR count). The predicted octanol–water partition coefficient (Wildman–Crippen LogP) is 1.26. The van der Waals surface area contributed by atoms with E-state index in [0.29, 0.717) is 17.9 Å². The molecule has 1 saturated heterocycles. The number of methoxy groups -OCH3 is 1. The minimum absolute atomic E-state index is 0.0312. The first kappa shape index (κ1) is 13.0. The Morgan fingerprint density at radius 2 is 2.29 bits per heavy atom. The summed E-state index contributed by atoms with van der Waals surface area (Å²) in [6.45, 7) is 0.801. The Balaban J connectivity index is 1.75. The standard InChI is InChI=1S/C12H20O4S/c1-15-11(13)7-12(4-5-12)9-17(14)8-10-3-2-6-16-10/h10H,2-9H2,1H3. The first-order chi connectivity index (χ1) is 8.13. The van der Waals surface area contributed by atoms with Crippen LogP contribution in [0, 0.1) is 5.41 Å². The Kier molecular flexibility index (Phi) is 4.20. The van der Waals surface area contributed by atoms with Gasteiger partial charge < -0.3 is 9.47 Å². The number of carbonyl (C=O) groups excluding carboxylic acids is 1. The monoisotopic (exact) mass is 260 g/mol. The van der Waals surface area contributed by atoms with Crippen molar-refractivity contribution in [2.45, 2.75) is 38.2 Å². The number of hydrogen-bond donors (Lipinski definition) is 0. The molecule has 1 aliphatic carbocycles. The zero-order chi connectivity index (χ0) is 12.3. The van der Waals surface area contributed by atoms with E-state index in [1.54, 1.807) is 0 Å². The predicted molar refractivity (Wildman–Crippen MR) is 65.2 cm³/mol. The Hall–Kier alpha value is -0.420. The second-order valence-corrected chi connectivity index (χ2v) is 6.64. The topological polar surface area (TPSA) is 52.6 Å². The molecule has 98 valence electrons. The van der Waals surface area contributed by atoms with Gasteiger partial charge in [-0.3, -0.25) is 9.00 Å². The molecule has 1 aliphatic heterocycles. The minimum Gasteiger partial charge on any atom is -0.469 e. The van der Waals surface area contributed by atoms with Crippen molar-refractivity contribution in [3.05, 3.63) is 0 Å². The number of hydrogen-bond acceptors (Lipinski definition) is 4. The van der Waals surface area contributed by atoms with E-state index in [4.69, 9.17) is 4.74 Å². The molecule has 2 atom stereocenters. The van der Waals surface area contributed by atoms with Crippen LogP contribution in [0.2, 0.25) is 0 Å². The van der Waals surface area contributed by atoms with Gasteiger partial charge >= 0.3 is 5.97 Å². The highest BCUT2D eigenvalue weighted by Gasteiger charge is 2.46. The number of ether oxygens (including phenoxy) is 2. The minimum atomic E-state index is -0.868. The highest BCUT2D eigenvalue weighted by atomic mass is 32.2. The Bertz CT molecular complexity index is 306. The molecular weight excluding hydrogens is 240 g/mol. The van der Waals surface area contributed by atoms with Gasteiger partial charge in [0, 0.05) is 28.9 Å². The summed E-state index contributed by atoms with van der Waals surface area (Å²) in [6.07, 6.45) is 4.69. The highest BCUT2D eigenvalue weighted by molar-refractivity contribution is 7.85. The summed E-state index contributed by atoms with van der Waals surface area (Å²) in [5.74, 6) is 1.07. The molecule has 0 radical (unpaired) electrons. The molecule has 17 heavy (non-hydrogen) atoms. The summed E-state index contributed by atoms with van der Waals surface area (Å²) in [5.41, 5.74) is -0.0312. The van der Waals surface area contributed by atoms with Crippen molar-refractivity contribution in [3.63, 3.8) is 0 Å². The van der Waals surface area contributed by atoms with Gasteiger partial charge in [-0.1, -0.05) is 0 Å².